The number of anilines is 1. The average molecular weight is 454 g/mol. The van der Waals surface area contributed by atoms with E-state index in [-0.39, 0.29) is 12.0 Å². The molecule has 0 atom stereocenters. The number of hydrogen-bond donors (Lipinski definition) is 2. The first kappa shape index (κ1) is 24.4. The van der Waals surface area contributed by atoms with E-state index in [0.29, 0.717) is 12.3 Å². The monoisotopic (exact) mass is 454 g/mol. The maximum atomic E-state index is 12.4. The molecule has 0 saturated carbocycles. The Bertz CT molecular complexity index is 1100. The van der Waals surface area contributed by atoms with Gasteiger partial charge in [0.05, 0.1) is 7.11 Å². The molecule has 0 aliphatic carbocycles. The number of ether oxygens (including phenoxy) is 1. The number of pyridine rings is 1. The van der Waals surface area contributed by atoms with Gasteiger partial charge in [0, 0.05) is 32.2 Å². The lowest BCUT2D eigenvalue weighted by Crippen LogP contribution is -2.31. The molecule has 2 amide bonds. The summed E-state index contributed by atoms with van der Waals surface area (Å²) in [7, 11) is 5.11. The number of carboxylic acids is 1. The van der Waals surface area contributed by atoms with Gasteiger partial charge in [-0.1, -0.05) is 12.1 Å². The van der Waals surface area contributed by atoms with Crippen LogP contribution in [0.4, 0.5) is 23.9 Å². The molecule has 2 aromatic heterocycles. The lowest BCUT2D eigenvalue weighted by molar-refractivity contribution is -0.192. The van der Waals surface area contributed by atoms with Crippen molar-refractivity contribution in [1.29, 1.82) is 0 Å². The number of fused-ring (bicyclic) bond motifs is 1. The first-order chi connectivity index (χ1) is 14.9. The molecule has 10 nitrogen and oxygen atoms in total. The zero-order valence-electron chi connectivity index (χ0n) is 17.6. The molecule has 172 valence electrons. The summed E-state index contributed by atoms with van der Waals surface area (Å²) in [6.45, 7) is 2.24. The van der Waals surface area contributed by atoms with Crippen molar-refractivity contribution in [2.24, 2.45) is 7.05 Å². The van der Waals surface area contributed by atoms with Gasteiger partial charge in [-0.15, -0.1) is 5.10 Å². The fourth-order valence-corrected chi connectivity index (χ4v) is 2.54. The summed E-state index contributed by atoms with van der Waals surface area (Å²) in [5.74, 6) is -1.03. The maximum absolute atomic E-state index is 12.4. The van der Waals surface area contributed by atoms with Gasteiger partial charge in [0.1, 0.15) is 17.1 Å². The number of aromatic nitrogens is 4. The van der Waals surface area contributed by atoms with Crippen LogP contribution >= 0.6 is 0 Å². The van der Waals surface area contributed by atoms with Crippen LogP contribution in [0.2, 0.25) is 0 Å². The zero-order valence-corrected chi connectivity index (χ0v) is 17.6. The SMILES string of the molecule is COc1ccc(CN(C)C(=O)Nc2nc(C)n(C)n2)c2cccnc12.O=C(O)C(F)(F)F. The molecule has 0 aliphatic heterocycles. The first-order valence-corrected chi connectivity index (χ1v) is 9.04. The Labute approximate surface area is 180 Å². The summed E-state index contributed by atoms with van der Waals surface area (Å²) >= 11 is 0. The first-order valence-electron chi connectivity index (χ1n) is 9.04. The van der Waals surface area contributed by atoms with Crippen LogP contribution in [-0.4, -0.2) is 62.1 Å². The van der Waals surface area contributed by atoms with Crippen molar-refractivity contribution in [3.05, 3.63) is 41.9 Å². The number of aryl methyl sites for hydroxylation is 2. The van der Waals surface area contributed by atoms with Gasteiger partial charge in [0.25, 0.3) is 0 Å². The minimum Gasteiger partial charge on any atom is -0.494 e. The number of halogens is 3. The van der Waals surface area contributed by atoms with Gasteiger partial charge in [-0.3, -0.25) is 15.0 Å². The standard InChI is InChI=1S/C17H20N6O2.C2HF3O2/c1-11-19-16(21-23(11)3)20-17(24)22(2)10-12-7-8-14(25-4)15-13(12)6-5-9-18-15;3-2(4,5)1(6)7/h5-9H,10H2,1-4H3,(H,20,21,24);(H,6,7). The Balaban J connectivity index is 0.000000451. The lowest BCUT2D eigenvalue weighted by atomic mass is 10.1. The molecular weight excluding hydrogens is 433 g/mol. The third-order valence-electron chi connectivity index (χ3n) is 4.24. The predicted molar refractivity (Wildman–Crippen MR) is 108 cm³/mol. The quantitative estimate of drug-likeness (QED) is 0.621. The zero-order chi connectivity index (χ0) is 24.1. The van der Waals surface area contributed by atoms with E-state index in [1.165, 1.54) is 0 Å². The number of carboxylic acid groups (broad SMARTS) is 1. The normalized spacial score (nSPS) is 10.8. The third-order valence-corrected chi connectivity index (χ3v) is 4.24. The van der Waals surface area contributed by atoms with Crippen molar-refractivity contribution in [2.75, 3.05) is 19.5 Å². The number of methoxy groups -OCH3 is 1. The predicted octanol–water partition coefficient (Wildman–Crippen LogP) is 2.98. The van der Waals surface area contributed by atoms with Crippen molar-refractivity contribution in [1.82, 2.24) is 24.6 Å². The molecule has 0 radical (unpaired) electrons. The molecule has 13 heteroatoms. The van der Waals surface area contributed by atoms with E-state index in [4.69, 9.17) is 14.6 Å². The topological polar surface area (TPSA) is 122 Å². The lowest BCUT2D eigenvalue weighted by Gasteiger charge is -2.18. The van der Waals surface area contributed by atoms with Gasteiger partial charge in [0.15, 0.2) is 0 Å². The fourth-order valence-electron chi connectivity index (χ4n) is 2.54. The second-order valence-corrected chi connectivity index (χ2v) is 6.52. The molecule has 0 aliphatic rings. The fraction of sp³-hybridized carbons (Fsp3) is 0.316. The van der Waals surface area contributed by atoms with E-state index in [2.05, 4.69) is 20.4 Å². The highest BCUT2D eigenvalue weighted by atomic mass is 19.4. The molecule has 0 fully saturated rings. The smallest absolute Gasteiger partial charge is 0.490 e. The van der Waals surface area contributed by atoms with Gasteiger partial charge in [-0.2, -0.15) is 18.2 Å². The largest absolute Gasteiger partial charge is 0.494 e. The van der Waals surface area contributed by atoms with E-state index in [1.807, 2.05) is 31.2 Å². The highest BCUT2D eigenvalue weighted by Crippen LogP contribution is 2.27. The second kappa shape index (κ2) is 9.94. The summed E-state index contributed by atoms with van der Waals surface area (Å²) in [5.41, 5.74) is 1.75. The van der Waals surface area contributed by atoms with Crippen LogP contribution < -0.4 is 10.1 Å². The summed E-state index contributed by atoms with van der Waals surface area (Å²) in [6.07, 6.45) is -3.36. The number of nitrogens with zero attached hydrogens (tertiary/aromatic N) is 5. The van der Waals surface area contributed by atoms with Crippen LogP contribution in [0, 0.1) is 6.92 Å². The number of urea groups is 1. The molecule has 32 heavy (non-hydrogen) atoms. The Morgan fingerprint density at radius 3 is 2.47 bits per heavy atom. The van der Waals surface area contributed by atoms with Crippen LogP contribution in [0.3, 0.4) is 0 Å². The highest BCUT2D eigenvalue weighted by Gasteiger charge is 2.38. The van der Waals surface area contributed by atoms with Gasteiger partial charge >= 0.3 is 18.2 Å². The molecule has 0 saturated heterocycles. The number of hydrogen-bond acceptors (Lipinski definition) is 6. The number of rotatable bonds is 4. The van der Waals surface area contributed by atoms with Gasteiger partial charge in [0.2, 0.25) is 5.95 Å². The van der Waals surface area contributed by atoms with E-state index in [0.717, 1.165) is 22.3 Å². The highest BCUT2D eigenvalue weighted by molar-refractivity contribution is 5.89. The molecule has 0 unspecified atom stereocenters. The minimum atomic E-state index is -5.08. The summed E-state index contributed by atoms with van der Waals surface area (Å²) in [5, 5.41) is 14.9. The Morgan fingerprint density at radius 1 is 1.28 bits per heavy atom. The molecule has 3 aromatic rings. The van der Waals surface area contributed by atoms with Crippen molar-refractivity contribution in [3.8, 4) is 5.75 Å². The Morgan fingerprint density at radius 2 is 1.94 bits per heavy atom. The molecule has 2 heterocycles. The average Bonchev–Trinajstić information content (AvgIpc) is 3.04. The van der Waals surface area contributed by atoms with Crippen LogP contribution in [0.5, 0.6) is 5.75 Å². The van der Waals surface area contributed by atoms with E-state index in [9.17, 15) is 18.0 Å². The second-order valence-electron chi connectivity index (χ2n) is 6.52. The Hall–Kier alpha value is -3.90. The third kappa shape index (κ3) is 6.06. The number of nitrogens with one attached hydrogen (secondary N) is 1. The number of benzene rings is 1. The van der Waals surface area contributed by atoms with Gasteiger partial charge in [-0.05, 0) is 24.6 Å². The minimum absolute atomic E-state index is 0.279. The number of carbonyl (C=O) groups is 2. The molecule has 0 bridgehead atoms. The van der Waals surface area contributed by atoms with Gasteiger partial charge in [-0.25, -0.2) is 9.59 Å². The van der Waals surface area contributed by atoms with Crippen LogP contribution in [0.1, 0.15) is 11.4 Å². The number of carbonyl (C=O) groups excluding carboxylic acids is 1. The van der Waals surface area contributed by atoms with Crippen LogP contribution in [0.25, 0.3) is 10.9 Å². The van der Waals surface area contributed by atoms with E-state index in [1.54, 1.807) is 37.0 Å². The maximum Gasteiger partial charge on any atom is 0.490 e. The summed E-state index contributed by atoms with van der Waals surface area (Å²) < 4.78 is 38.7. The van der Waals surface area contributed by atoms with Crippen LogP contribution in [-0.2, 0) is 18.4 Å². The molecule has 2 N–H and O–H groups in total. The molecular formula is C19H21F3N6O4. The van der Waals surface area contributed by atoms with Gasteiger partial charge < -0.3 is 14.7 Å². The van der Waals surface area contributed by atoms with Crippen molar-refractivity contribution >= 4 is 28.9 Å². The number of alkyl halides is 3. The molecule has 0 spiro atoms. The molecule has 3 rings (SSSR count). The number of amides is 2. The number of aliphatic carboxylic acids is 1. The summed E-state index contributed by atoms with van der Waals surface area (Å²) in [4.78, 5) is 31.4. The van der Waals surface area contributed by atoms with E-state index >= 15 is 0 Å². The Kier molecular flexibility index (Phi) is 7.57. The van der Waals surface area contributed by atoms with Crippen LogP contribution in [0.15, 0.2) is 30.5 Å². The van der Waals surface area contributed by atoms with Crippen molar-refractivity contribution in [2.45, 2.75) is 19.6 Å². The van der Waals surface area contributed by atoms with E-state index < -0.39 is 12.1 Å². The summed E-state index contributed by atoms with van der Waals surface area (Å²) in [6, 6.07) is 7.36. The molecule has 1 aromatic carbocycles. The van der Waals surface area contributed by atoms with Crippen molar-refractivity contribution in [3.63, 3.8) is 0 Å². The van der Waals surface area contributed by atoms with Crippen molar-refractivity contribution < 1.29 is 32.6 Å².